The minimum atomic E-state index is -0.790. The first-order valence-corrected chi connectivity index (χ1v) is 4.41. The van der Waals surface area contributed by atoms with Gasteiger partial charge in [-0.2, -0.15) is 0 Å². The zero-order chi connectivity index (χ0) is 9.35. The van der Waals surface area contributed by atoms with Crippen LogP contribution in [-0.2, 0) is 4.79 Å². The lowest BCUT2D eigenvalue weighted by atomic mass is 9.87. The first kappa shape index (κ1) is 9.49. The molecule has 0 unspecified atom stereocenters. The molecule has 0 radical (unpaired) electrons. The van der Waals surface area contributed by atoms with Crippen LogP contribution < -0.4 is 0 Å². The zero-order valence-corrected chi connectivity index (χ0v) is 7.93. The summed E-state index contributed by atoms with van der Waals surface area (Å²) >= 11 is 0. The van der Waals surface area contributed by atoms with Gasteiger partial charge in [0.25, 0.3) is 0 Å². The van der Waals surface area contributed by atoms with Crippen molar-refractivity contribution in [3.8, 4) is 0 Å². The Morgan fingerprint density at radius 3 is 2.42 bits per heavy atom. The van der Waals surface area contributed by atoms with E-state index in [0.29, 0.717) is 13.1 Å². The van der Waals surface area contributed by atoms with Gasteiger partial charge in [0.15, 0.2) is 0 Å². The fraction of sp³-hybridized carbons (Fsp3) is 0.889. The van der Waals surface area contributed by atoms with E-state index >= 15 is 0 Å². The molecule has 0 N–H and O–H groups in total. The largest absolute Gasteiger partial charge is 0.336 e. The number of amides is 1. The molecule has 1 aliphatic rings. The third-order valence-corrected chi connectivity index (χ3v) is 2.59. The van der Waals surface area contributed by atoms with Crippen LogP contribution in [0.1, 0.15) is 27.2 Å². The van der Waals surface area contributed by atoms with E-state index in [1.807, 2.05) is 20.8 Å². The minimum Gasteiger partial charge on any atom is -0.336 e. The Hall–Kier alpha value is -0.600. The maximum atomic E-state index is 12.4. The van der Waals surface area contributed by atoms with Crippen LogP contribution in [0.25, 0.3) is 0 Å². The van der Waals surface area contributed by atoms with Crippen LogP contribution in [0, 0.1) is 5.41 Å². The van der Waals surface area contributed by atoms with Crippen molar-refractivity contribution in [1.82, 2.24) is 4.90 Å². The summed E-state index contributed by atoms with van der Waals surface area (Å²) in [6.45, 7) is 6.37. The van der Waals surface area contributed by atoms with Gasteiger partial charge in [-0.05, 0) is 6.42 Å². The molecule has 70 valence electrons. The molecule has 2 nitrogen and oxygen atoms in total. The third kappa shape index (κ3) is 1.59. The number of hydrogen-bond acceptors (Lipinski definition) is 1. The van der Waals surface area contributed by atoms with Gasteiger partial charge >= 0.3 is 0 Å². The Labute approximate surface area is 72.7 Å². The second kappa shape index (κ2) is 3.04. The highest BCUT2D eigenvalue weighted by molar-refractivity contribution is 5.82. The Balaban J connectivity index is 2.48. The second-order valence-corrected chi connectivity index (χ2v) is 4.04. The molecule has 1 aliphatic heterocycles. The molecule has 1 rings (SSSR count). The average molecular weight is 173 g/mol. The van der Waals surface area contributed by atoms with Crippen molar-refractivity contribution in [1.29, 1.82) is 0 Å². The van der Waals surface area contributed by atoms with Crippen LogP contribution in [0.15, 0.2) is 0 Å². The van der Waals surface area contributed by atoms with Gasteiger partial charge in [0.05, 0.1) is 13.1 Å². The highest BCUT2D eigenvalue weighted by Crippen LogP contribution is 2.26. The summed E-state index contributed by atoms with van der Waals surface area (Å²) in [5.41, 5.74) is -0.319. The van der Waals surface area contributed by atoms with Gasteiger partial charge in [-0.15, -0.1) is 0 Å². The Morgan fingerprint density at radius 2 is 2.08 bits per heavy atom. The van der Waals surface area contributed by atoms with Gasteiger partial charge in [0, 0.05) is 5.41 Å². The lowest BCUT2D eigenvalue weighted by Crippen LogP contribution is -2.55. The Kier molecular flexibility index (Phi) is 2.40. The number of rotatable bonds is 2. The number of nitrogens with zero attached hydrogens (tertiary/aromatic N) is 1. The quantitative estimate of drug-likeness (QED) is 0.621. The molecule has 0 bridgehead atoms. The lowest BCUT2D eigenvalue weighted by Gasteiger charge is -2.39. The van der Waals surface area contributed by atoms with Crippen molar-refractivity contribution < 1.29 is 9.18 Å². The molecule has 12 heavy (non-hydrogen) atoms. The molecule has 0 aromatic carbocycles. The minimum absolute atomic E-state index is 0.0823. The molecule has 3 heteroatoms. The van der Waals surface area contributed by atoms with Crippen molar-refractivity contribution in [3.63, 3.8) is 0 Å². The van der Waals surface area contributed by atoms with E-state index in [0.717, 1.165) is 6.42 Å². The fourth-order valence-corrected chi connectivity index (χ4v) is 1.17. The maximum absolute atomic E-state index is 12.4. The molecule has 0 atom stereocenters. The summed E-state index contributed by atoms with van der Waals surface area (Å²) in [7, 11) is 0. The number of halogens is 1. The summed E-state index contributed by atoms with van der Waals surface area (Å²) in [6, 6.07) is 0. The van der Waals surface area contributed by atoms with Gasteiger partial charge < -0.3 is 4.90 Å². The molecule has 0 aromatic heterocycles. The molecule has 0 spiro atoms. The molecule has 1 saturated heterocycles. The van der Waals surface area contributed by atoms with E-state index in [1.165, 1.54) is 0 Å². The monoisotopic (exact) mass is 173 g/mol. The first-order chi connectivity index (χ1) is 5.47. The third-order valence-electron chi connectivity index (χ3n) is 2.59. The number of carbonyl (C=O) groups excluding carboxylic acids is 1. The SMILES string of the molecule is CCC(C)(C)C(=O)N1CC(F)C1. The summed E-state index contributed by atoms with van der Waals surface area (Å²) in [4.78, 5) is 13.2. The molecule has 1 heterocycles. The predicted molar refractivity (Wildman–Crippen MR) is 45.5 cm³/mol. The molecular weight excluding hydrogens is 157 g/mol. The second-order valence-electron chi connectivity index (χ2n) is 4.04. The lowest BCUT2D eigenvalue weighted by molar-refractivity contribution is -0.147. The Bertz CT molecular complexity index is 185. The van der Waals surface area contributed by atoms with Gasteiger partial charge in [-0.3, -0.25) is 4.79 Å². The van der Waals surface area contributed by atoms with Gasteiger partial charge in [-0.25, -0.2) is 4.39 Å². The average Bonchev–Trinajstić information content (AvgIpc) is 1.97. The topological polar surface area (TPSA) is 20.3 Å². The normalized spacial score (nSPS) is 19.2. The first-order valence-electron chi connectivity index (χ1n) is 4.41. The molecule has 0 aromatic rings. The van der Waals surface area contributed by atoms with Crippen LogP contribution in [0.5, 0.6) is 0 Å². The van der Waals surface area contributed by atoms with Gasteiger partial charge in [0.2, 0.25) is 5.91 Å². The zero-order valence-electron chi connectivity index (χ0n) is 7.93. The van der Waals surface area contributed by atoms with E-state index in [1.54, 1.807) is 4.90 Å². The van der Waals surface area contributed by atoms with Gasteiger partial charge in [-0.1, -0.05) is 20.8 Å². The van der Waals surface area contributed by atoms with Crippen LogP contribution in [0.2, 0.25) is 0 Å². The smallest absolute Gasteiger partial charge is 0.228 e. The number of hydrogen-bond donors (Lipinski definition) is 0. The Morgan fingerprint density at radius 1 is 1.58 bits per heavy atom. The van der Waals surface area contributed by atoms with Crippen molar-refractivity contribution in [3.05, 3.63) is 0 Å². The van der Waals surface area contributed by atoms with E-state index < -0.39 is 6.17 Å². The molecular formula is C9H16FNO. The van der Waals surface area contributed by atoms with E-state index in [9.17, 15) is 9.18 Å². The summed E-state index contributed by atoms with van der Waals surface area (Å²) in [5.74, 6) is 0.0823. The van der Waals surface area contributed by atoms with Crippen LogP contribution >= 0.6 is 0 Å². The van der Waals surface area contributed by atoms with Crippen LogP contribution in [0.3, 0.4) is 0 Å². The van der Waals surface area contributed by atoms with E-state index in [4.69, 9.17) is 0 Å². The maximum Gasteiger partial charge on any atom is 0.228 e. The number of carbonyl (C=O) groups is 1. The molecule has 0 saturated carbocycles. The van der Waals surface area contributed by atoms with Crippen LogP contribution in [-0.4, -0.2) is 30.1 Å². The van der Waals surface area contributed by atoms with Gasteiger partial charge in [0.1, 0.15) is 6.17 Å². The standard InChI is InChI=1S/C9H16FNO/c1-4-9(2,3)8(12)11-5-7(10)6-11/h7H,4-6H2,1-3H3. The predicted octanol–water partition coefficient (Wildman–Crippen LogP) is 1.60. The van der Waals surface area contributed by atoms with E-state index in [2.05, 4.69) is 0 Å². The highest BCUT2D eigenvalue weighted by atomic mass is 19.1. The summed E-state index contributed by atoms with van der Waals surface area (Å²) in [6.07, 6.45) is 0.0147. The van der Waals surface area contributed by atoms with Crippen molar-refractivity contribution in [2.75, 3.05) is 13.1 Å². The van der Waals surface area contributed by atoms with E-state index in [-0.39, 0.29) is 11.3 Å². The summed E-state index contributed by atoms with van der Waals surface area (Å²) in [5, 5.41) is 0. The molecule has 1 amide bonds. The van der Waals surface area contributed by atoms with Crippen molar-refractivity contribution in [2.45, 2.75) is 33.4 Å². The van der Waals surface area contributed by atoms with Crippen LogP contribution in [0.4, 0.5) is 4.39 Å². The summed E-state index contributed by atoms with van der Waals surface area (Å²) < 4.78 is 12.4. The van der Waals surface area contributed by atoms with Crippen molar-refractivity contribution >= 4 is 5.91 Å². The number of likely N-dealkylation sites (tertiary alicyclic amines) is 1. The molecule has 1 fully saturated rings. The fourth-order valence-electron chi connectivity index (χ4n) is 1.17. The highest BCUT2D eigenvalue weighted by Gasteiger charge is 2.37. The number of alkyl halides is 1. The van der Waals surface area contributed by atoms with Crippen molar-refractivity contribution in [2.24, 2.45) is 5.41 Å². The molecule has 0 aliphatic carbocycles.